The third kappa shape index (κ3) is 3.22. The number of nitrogens with zero attached hydrogens (tertiary/aromatic N) is 2. The van der Waals surface area contributed by atoms with Crippen LogP contribution in [0.1, 0.15) is 11.3 Å². The number of hydrogen-bond donors (Lipinski definition) is 1. The molecule has 1 amide bonds. The highest BCUT2D eigenvalue weighted by Crippen LogP contribution is 2.25. The van der Waals surface area contributed by atoms with Gasteiger partial charge in [0.2, 0.25) is 5.91 Å². The van der Waals surface area contributed by atoms with Crippen molar-refractivity contribution in [2.24, 2.45) is 0 Å². The zero-order valence-electron chi connectivity index (χ0n) is 14.5. The van der Waals surface area contributed by atoms with Gasteiger partial charge in [0.1, 0.15) is 0 Å². The molecule has 4 heteroatoms. The van der Waals surface area contributed by atoms with E-state index in [-0.39, 0.29) is 5.91 Å². The van der Waals surface area contributed by atoms with Crippen molar-refractivity contribution < 1.29 is 4.79 Å². The van der Waals surface area contributed by atoms with E-state index in [1.807, 2.05) is 60.8 Å². The Bertz CT molecular complexity index is 1100. The molecule has 0 atom stereocenters. The number of nitrogens with one attached hydrogen (secondary N) is 1. The number of aromatic nitrogens is 2. The number of carbonyl (C=O) groups is 1. The van der Waals surface area contributed by atoms with Crippen molar-refractivity contribution in [2.45, 2.75) is 6.54 Å². The molecule has 0 bridgehead atoms. The van der Waals surface area contributed by atoms with Gasteiger partial charge in [-0.15, -0.1) is 0 Å². The molecule has 0 aliphatic heterocycles. The summed E-state index contributed by atoms with van der Waals surface area (Å²) in [6.07, 6.45) is 5.16. The lowest BCUT2D eigenvalue weighted by atomic mass is 10.1. The monoisotopic (exact) mass is 341 g/mol. The molecule has 2 aromatic carbocycles. The molecule has 0 aliphatic rings. The lowest BCUT2D eigenvalue weighted by Crippen LogP contribution is -2.24. The Morgan fingerprint density at radius 3 is 2.65 bits per heavy atom. The van der Waals surface area contributed by atoms with E-state index in [1.54, 1.807) is 24.1 Å². The first kappa shape index (κ1) is 16.1. The first-order chi connectivity index (χ1) is 12.7. The standard InChI is InChI=1S/C22H19N3O/c1-25(15-16-7-3-2-4-8-16)22(26)12-11-17-13-19-18-9-5-6-10-20(18)24-21(19)14-23-17/h2-14,24H,15H2,1H3/b12-11+. The molecular weight excluding hydrogens is 322 g/mol. The van der Waals surface area contributed by atoms with Gasteiger partial charge in [0.15, 0.2) is 0 Å². The fourth-order valence-electron chi connectivity index (χ4n) is 3.08. The largest absolute Gasteiger partial charge is 0.353 e. The Kier molecular flexibility index (Phi) is 4.23. The number of hydrogen-bond acceptors (Lipinski definition) is 2. The van der Waals surface area contributed by atoms with Crippen LogP contribution in [-0.2, 0) is 11.3 Å². The summed E-state index contributed by atoms with van der Waals surface area (Å²) >= 11 is 0. The number of benzene rings is 2. The summed E-state index contributed by atoms with van der Waals surface area (Å²) in [5.41, 5.74) is 3.96. The average molecular weight is 341 g/mol. The van der Waals surface area contributed by atoms with Gasteiger partial charge < -0.3 is 9.88 Å². The number of carbonyl (C=O) groups excluding carboxylic acids is 1. The summed E-state index contributed by atoms with van der Waals surface area (Å²) in [4.78, 5) is 21.8. The molecule has 1 N–H and O–H groups in total. The third-order valence-corrected chi connectivity index (χ3v) is 4.45. The topological polar surface area (TPSA) is 49.0 Å². The maximum atomic E-state index is 12.4. The number of pyridine rings is 1. The highest BCUT2D eigenvalue weighted by molar-refractivity contribution is 6.07. The summed E-state index contributed by atoms with van der Waals surface area (Å²) in [5.74, 6) is -0.0466. The third-order valence-electron chi connectivity index (χ3n) is 4.45. The molecular formula is C22H19N3O. The smallest absolute Gasteiger partial charge is 0.246 e. The van der Waals surface area contributed by atoms with E-state index in [0.717, 1.165) is 33.1 Å². The van der Waals surface area contributed by atoms with Crippen LogP contribution in [0.5, 0.6) is 0 Å². The van der Waals surface area contributed by atoms with Crippen LogP contribution in [0.2, 0.25) is 0 Å². The zero-order valence-corrected chi connectivity index (χ0v) is 14.5. The van der Waals surface area contributed by atoms with Crippen LogP contribution in [0.15, 0.2) is 72.9 Å². The molecule has 4 aromatic rings. The molecule has 2 heterocycles. The minimum atomic E-state index is -0.0466. The van der Waals surface area contributed by atoms with E-state index in [0.29, 0.717) is 6.54 Å². The van der Waals surface area contributed by atoms with E-state index in [2.05, 4.69) is 16.0 Å². The van der Waals surface area contributed by atoms with Gasteiger partial charge in [-0.1, -0.05) is 48.5 Å². The molecule has 0 fully saturated rings. The maximum Gasteiger partial charge on any atom is 0.246 e. The van der Waals surface area contributed by atoms with Gasteiger partial charge in [-0.3, -0.25) is 9.78 Å². The highest BCUT2D eigenvalue weighted by Gasteiger charge is 2.07. The first-order valence-corrected chi connectivity index (χ1v) is 8.54. The predicted octanol–water partition coefficient (Wildman–Crippen LogP) is 4.39. The molecule has 4 nitrogen and oxygen atoms in total. The Morgan fingerprint density at radius 1 is 1.04 bits per heavy atom. The minimum Gasteiger partial charge on any atom is -0.353 e. The quantitative estimate of drug-likeness (QED) is 0.560. The summed E-state index contributed by atoms with van der Waals surface area (Å²) in [6, 6.07) is 20.1. The van der Waals surface area contributed by atoms with Crippen molar-refractivity contribution in [1.82, 2.24) is 14.9 Å². The number of amides is 1. The van der Waals surface area contributed by atoms with E-state index < -0.39 is 0 Å². The van der Waals surface area contributed by atoms with Crippen LogP contribution in [0.25, 0.3) is 27.9 Å². The fourth-order valence-corrected chi connectivity index (χ4v) is 3.08. The van der Waals surface area contributed by atoms with Gasteiger partial charge in [0, 0.05) is 36.0 Å². The second-order valence-corrected chi connectivity index (χ2v) is 6.34. The maximum absolute atomic E-state index is 12.4. The predicted molar refractivity (Wildman–Crippen MR) is 106 cm³/mol. The Hall–Kier alpha value is -3.40. The van der Waals surface area contributed by atoms with Crippen molar-refractivity contribution in [1.29, 1.82) is 0 Å². The molecule has 26 heavy (non-hydrogen) atoms. The van der Waals surface area contributed by atoms with Crippen LogP contribution in [0.3, 0.4) is 0 Å². The second-order valence-electron chi connectivity index (χ2n) is 6.34. The van der Waals surface area contributed by atoms with Crippen LogP contribution >= 0.6 is 0 Å². The number of para-hydroxylation sites is 1. The number of rotatable bonds is 4. The van der Waals surface area contributed by atoms with Gasteiger partial charge in [0.25, 0.3) is 0 Å². The van der Waals surface area contributed by atoms with Crippen LogP contribution in [0, 0.1) is 0 Å². The summed E-state index contributed by atoms with van der Waals surface area (Å²) in [6.45, 7) is 0.582. The van der Waals surface area contributed by atoms with Crippen molar-refractivity contribution >= 4 is 33.8 Å². The molecule has 4 rings (SSSR count). The van der Waals surface area contributed by atoms with Crippen LogP contribution < -0.4 is 0 Å². The van der Waals surface area contributed by atoms with Gasteiger partial charge in [0.05, 0.1) is 17.4 Å². The van der Waals surface area contributed by atoms with Crippen LogP contribution in [0.4, 0.5) is 0 Å². The summed E-state index contributed by atoms with van der Waals surface area (Å²) in [7, 11) is 1.80. The fraction of sp³-hybridized carbons (Fsp3) is 0.0909. The molecule has 0 saturated heterocycles. The summed E-state index contributed by atoms with van der Waals surface area (Å²) < 4.78 is 0. The minimum absolute atomic E-state index is 0.0466. The van der Waals surface area contributed by atoms with Crippen molar-refractivity contribution in [3.05, 3.63) is 84.2 Å². The SMILES string of the molecule is CN(Cc1ccccc1)C(=O)/C=C/c1cc2c(cn1)[nH]c1ccccc12. The zero-order chi connectivity index (χ0) is 17.9. The number of aromatic amines is 1. The van der Waals surface area contributed by atoms with Crippen molar-refractivity contribution in [2.75, 3.05) is 7.05 Å². The van der Waals surface area contributed by atoms with Gasteiger partial charge >= 0.3 is 0 Å². The first-order valence-electron chi connectivity index (χ1n) is 8.54. The molecule has 0 radical (unpaired) electrons. The Balaban J connectivity index is 1.54. The lowest BCUT2D eigenvalue weighted by Gasteiger charge is -2.14. The van der Waals surface area contributed by atoms with Gasteiger partial charge in [-0.2, -0.15) is 0 Å². The van der Waals surface area contributed by atoms with E-state index in [9.17, 15) is 4.79 Å². The molecule has 128 valence electrons. The summed E-state index contributed by atoms with van der Waals surface area (Å²) in [5, 5.41) is 2.27. The highest BCUT2D eigenvalue weighted by atomic mass is 16.2. The molecule has 0 spiro atoms. The molecule has 0 unspecified atom stereocenters. The van der Waals surface area contributed by atoms with Gasteiger partial charge in [-0.05, 0) is 23.8 Å². The number of likely N-dealkylation sites (N-methyl/N-ethyl adjacent to an activating group) is 1. The lowest BCUT2D eigenvalue weighted by molar-refractivity contribution is -0.125. The van der Waals surface area contributed by atoms with Crippen LogP contribution in [-0.4, -0.2) is 27.8 Å². The molecule has 2 aromatic heterocycles. The Labute approximate surface area is 151 Å². The van der Waals surface area contributed by atoms with Gasteiger partial charge in [-0.25, -0.2) is 0 Å². The van der Waals surface area contributed by atoms with Crippen molar-refractivity contribution in [3.8, 4) is 0 Å². The van der Waals surface area contributed by atoms with Crippen molar-refractivity contribution in [3.63, 3.8) is 0 Å². The van der Waals surface area contributed by atoms with E-state index in [4.69, 9.17) is 0 Å². The second kappa shape index (κ2) is 6.84. The molecule has 0 saturated carbocycles. The molecule has 0 aliphatic carbocycles. The van der Waals surface area contributed by atoms with E-state index in [1.165, 1.54) is 0 Å². The average Bonchev–Trinajstić information content (AvgIpc) is 3.05. The Morgan fingerprint density at radius 2 is 1.81 bits per heavy atom. The normalized spacial score (nSPS) is 11.4. The number of H-pyrrole nitrogens is 1. The number of fused-ring (bicyclic) bond motifs is 3. The van der Waals surface area contributed by atoms with E-state index >= 15 is 0 Å².